The Kier molecular flexibility index (Phi) is 6.41. The van der Waals surface area contributed by atoms with Crippen LogP contribution in [0.25, 0.3) is 0 Å². The number of carbonyl (C=O) groups excluding carboxylic acids is 2. The highest BCUT2D eigenvalue weighted by Crippen LogP contribution is 2.18. The van der Waals surface area contributed by atoms with E-state index in [1.807, 2.05) is 0 Å². The SMILES string of the molecule is COC(=O)NC(C(=O)N1OCCCCC1C(=O)O)C(C)C. The third-order valence-corrected chi connectivity index (χ3v) is 3.28. The number of nitrogens with zero attached hydrogens (tertiary/aromatic N) is 1. The molecule has 0 aromatic carbocycles. The number of hydrogen-bond acceptors (Lipinski definition) is 5. The Morgan fingerprint density at radius 2 is 2.00 bits per heavy atom. The van der Waals surface area contributed by atoms with E-state index in [2.05, 4.69) is 10.1 Å². The van der Waals surface area contributed by atoms with Gasteiger partial charge in [0.2, 0.25) is 0 Å². The van der Waals surface area contributed by atoms with Gasteiger partial charge in [0.05, 0.1) is 13.7 Å². The molecule has 1 aliphatic rings. The summed E-state index contributed by atoms with van der Waals surface area (Å²) in [7, 11) is 1.19. The molecular weight excluding hydrogens is 280 g/mol. The smallest absolute Gasteiger partial charge is 0.407 e. The molecule has 2 amide bonds. The zero-order valence-corrected chi connectivity index (χ0v) is 12.5. The third-order valence-electron chi connectivity index (χ3n) is 3.28. The number of hydrogen-bond donors (Lipinski definition) is 2. The van der Waals surface area contributed by atoms with Gasteiger partial charge in [-0.3, -0.25) is 9.63 Å². The molecule has 0 aromatic rings. The number of carboxylic acid groups (broad SMARTS) is 1. The van der Waals surface area contributed by atoms with E-state index in [1.165, 1.54) is 7.11 Å². The Bertz CT molecular complexity index is 398. The van der Waals surface area contributed by atoms with Crippen molar-refractivity contribution in [1.82, 2.24) is 10.4 Å². The van der Waals surface area contributed by atoms with Crippen LogP contribution in [-0.4, -0.2) is 53.9 Å². The minimum absolute atomic E-state index is 0.238. The van der Waals surface area contributed by atoms with E-state index in [1.54, 1.807) is 13.8 Å². The summed E-state index contributed by atoms with van der Waals surface area (Å²) >= 11 is 0. The van der Waals surface area contributed by atoms with E-state index in [0.29, 0.717) is 19.3 Å². The predicted octanol–water partition coefficient (Wildman–Crippen LogP) is 0.764. The van der Waals surface area contributed by atoms with Crippen LogP contribution < -0.4 is 5.32 Å². The maximum atomic E-state index is 12.5. The number of rotatable bonds is 4. The standard InChI is InChI=1S/C13H22N2O6/c1-8(2)10(14-13(19)20-3)11(16)15-9(12(17)18)6-4-5-7-21-15/h8-10H,4-7H2,1-3H3,(H,14,19)(H,17,18). The Morgan fingerprint density at radius 1 is 1.33 bits per heavy atom. The van der Waals surface area contributed by atoms with Crippen LogP contribution in [0.1, 0.15) is 33.1 Å². The van der Waals surface area contributed by atoms with Crippen molar-refractivity contribution in [3.8, 4) is 0 Å². The molecule has 1 heterocycles. The molecule has 2 unspecified atom stereocenters. The molecule has 1 saturated heterocycles. The van der Waals surface area contributed by atoms with Crippen molar-refractivity contribution in [1.29, 1.82) is 0 Å². The summed E-state index contributed by atoms with van der Waals surface area (Å²) in [6.07, 6.45) is 0.926. The lowest BCUT2D eigenvalue weighted by molar-refractivity contribution is -0.205. The fourth-order valence-electron chi connectivity index (χ4n) is 2.09. The van der Waals surface area contributed by atoms with Crippen molar-refractivity contribution in [3.63, 3.8) is 0 Å². The van der Waals surface area contributed by atoms with Crippen LogP contribution >= 0.6 is 0 Å². The molecule has 0 aliphatic carbocycles. The highest BCUT2D eigenvalue weighted by molar-refractivity contribution is 5.88. The normalized spacial score (nSPS) is 20.6. The van der Waals surface area contributed by atoms with E-state index in [0.717, 1.165) is 5.06 Å². The Balaban J connectivity index is 2.92. The molecule has 0 spiro atoms. The number of carbonyl (C=O) groups is 3. The summed E-state index contributed by atoms with van der Waals surface area (Å²) in [5.74, 6) is -1.94. The van der Waals surface area contributed by atoms with Gasteiger partial charge < -0.3 is 15.2 Å². The average Bonchev–Trinajstić information content (AvgIpc) is 2.68. The van der Waals surface area contributed by atoms with Crippen LogP contribution in [0.15, 0.2) is 0 Å². The van der Waals surface area contributed by atoms with Crippen molar-refractivity contribution in [2.45, 2.75) is 45.2 Å². The molecule has 2 N–H and O–H groups in total. The quantitative estimate of drug-likeness (QED) is 0.794. The first-order valence-corrected chi connectivity index (χ1v) is 6.91. The van der Waals surface area contributed by atoms with Crippen LogP contribution in [0.2, 0.25) is 0 Å². The topological polar surface area (TPSA) is 105 Å². The van der Waals surface area contributed by atoms with Crippen molar-refractivity contribution >= 4 is 18.0 Å². The van der Waals surface area contributed by atoms with Crippen molar-refractivity contribution in [2.75, 3.05) is 13.7 Å². The number of methoxy groups -OCH3 is 1. The van der Waals surface area contributed by atoms with Gasteiger partial charge in [-0.15, -0.1) is 0 Å². The molecule has 2 atom stereocenters. The summed E-state index contributed by atoms with van der Waals surface area (Å²) in [5, 5.41) is 12.5. The van der Waals surface area contributed by atoms with Crippen molar-refractivity contribution in [2.24, 2.45) is 5.92 Å². The molecule has 1 fully saturated rings. The predicted molar refractivity (Wildman–Crippen MR) is 72.2 cm³/mol. The minimum atomic E-state index is -1.12. The fourth-order valence-corrected chi connectivity index (χ4v) is 2.09. The Hall–Kier alpha value is -1.83. The minimum Gasteiger partial charge on any atom is -0.480 e. The summed E-state index contributed by atoms with van der Waals surface area (Å²) in [6, 6.07) is -1.95. The number of alkyl carbamates (subject to hydrolysis) is 1. The first kappa shape index (κ1) is 17.2. The number of amides is 2. The van der Waals surface area contributed by atoms with E-state index in [4.69, 9.17) is 4.84 Å². The molecule has 8 nitrogen and oxygen atoms in total. The maximum Gasteiger partial charge on any atom is 0.407 e. The number of nitrogens with one attached hydrogen (secondary N) is 1. The van der Waals surface area contributed by atoms with Gasteiger partial charge in [0.25, 0.3) is 5.91 Å². The van der Waals surface area contributed by atoms with Crippen LogP contribution in [0.5, 0.6) is 0 Å². The second kappa shape index (κ2) is 7.82. The summed E-state index contributed by atoms with van der Waals surface area (Å²) in [6.45, 7) is 3.76. The third kappa shape index (κ3) is 4.59. The number of ether oxygens (including phenoxy) is 1. The largest absolute Gasteiger partial charge is 0.480 e. The van der Waals surface area contributed by atoms with Crippen LogP contribution in [-0.2, 0) is 19.2 Å². The van der Waals surface area contributed by atoms with Crippen LogP contribution in [0, 0.1) is 5.92 Å². The molecule has 0 aromatic heterocycles. The second-order valence-corrected chi connectivity index (χ2v) is 5.20. The molecule has 1 aliphatic heterocycles. The van der Waals surface area contributed by atoms with E-state index >= 15 is 0 Å². The molecular formula is C13H22N2O6. The van der Waals surface area contributed by atoms with Gasteiger partial charge in [0.15, 0.2) is 6.04 Å². The molecule has 0 radical (unpaired) electrons. The maximum absolute atomic E-state index is 12.5. The average molecular weight is 302 g/mol. The Morgan fingerprint density at radius 3 is 2.52 bits per heavy atom. The van der Waals surface area contributed by atoms with Crippen LogP contribution in [0.4, 0.5) is 4.79 Å². The van der Waals surface area contributed by atoms with Crippen molar-refractivity contribution < 1.29 is 29.1 Å². The van der Waals surface area contributed by atoms with Gasteiger partial charge >= 0.3 is 12.1 Å². The van der Waals surface area contributed by atoms with E-state index in [-0.39, 0.29) is 12.5 Å². The summed E-state index contributed by atoms with van der Waals surface area (Å²) < 4.78 is 4.49. The molecule has 21 heavy (non-hydrogen) atoms. The second-order valence-electron chi connectivity index (χ2n) is 5.20. The van der Waals surface area contributed by atoms with Gasteiger partial charge in [-0.2, -0.15) is 0 Å². The van der Waals surface area contributed by atoms with Crippen LogP contribution in [0.3, 0.4) is 0 Å². The first-order valence-electron chi connectivity index (χ1n) is 6.91. The van der Waals surface area contributed by atoms with Crippen molar-refractivity contribution in [3.05, 3.63) is 0 Å². The molecule has 1 rings (SSSR count). The van der Waals surface area contributed by atoms with Gasteiger partial charge in [-0.1, -0.05) is 13.8 Å². The first-order chi connectivity index (χ1) is 9.88. The molecule has 8 heteroatoms. The lowest BCUT2D eigenvalue weighted by Crippen LogP contribution is -2.55. The highest BCUT2D eigenvalue weighted by atomic mass is 16.7. The van der Waals surface area contributed by atoms with Gasteiger partial charge in [0.1, 0.15) is 6.04 Å². The van der Waals surface area contributed by atoms with E-state index in [9.17, 15) is 19.5 Å². The lowest BCUT2D eigenvalue weighted by Gasteiger charge is -2.30. The number of hydroxylamine groups is 2. The number of carboxylic acids is 1. The Labute approximate surface area is 123 Å². The summed E-state index contributed by atoms with van der Waals surface area (Å²) in [4.78, 5) is 40.5. The highest BCUT2D eigenvalue weighted by Gasteiger charge is 2.37. The van der Waals surface area contributed by atoms with Gasteiger partial charge in [-0.05, 0) is 25.2 Å². The molecule has 120 valence electrons. The molecule has 0 bridgehead atoms. The monoisotopic (exact) mass is 302 g/mol. The number of aliphatic carboxylic acids is 1. The van der Waals surface area contributed by atoms with Gasteiger partial charge in [-0.25, -0.2) is 14.7 Å². The zero-order valence-electron chi connectivity index (χ0n) is 12.5. The summed E-state index contributed by atoms with van der Waals surface area (Å²) in [5.41, 5.74) is 0. The van der Waals surface area contributed by atoms with E-state index < -0.39 is 30.1 Å². The lowest BCUT2D eigenvalue weighted by atomic mass is 10.0. The zero-order chi connectivity index (χ0) is 16.0. The fraction of sp³-hybridized carbons (Fsp3) is 0.769. The van der Waals surface area contributed by atoms with Gasteiger partial charge in [0, 0.05) is 0 Å². The molecule has 0 saturated carbocycles.